The molecule has 3 aromatic rings. The molecule has 0 radical (unpaired) electrons. The van der Waals surface area contributed by atoms with Crippen molar-refractivity contribution in [2.24, 2.45) is 46.6 Å². The van der Waals surface area contributed by atoms with Gasteiger partial charge in [-0.3, -0.25) is 14.4 Å². The van der Waals surface area contributed by atoms with Gasteiger partial charge in [0.2, 0.25) is 17.7 Å². The molecule has 0 saturated carbocycles. The highest BCUT2D eigenvalue weighted by molar-refractivity contribution is 5.91. The number of benzene rings is 3. The smallest absolute Gasteiger partial charge is 0.244 e. The summed E-state index contributed by atoms with van der Waals surface area (Å²) in [5.41, 5.74) is 21.3. The number of carbonyl (C=O) groups is 13. The Hall–Kier alpha value is -7.94. The van der Waals surface area contributed by atoms with Crippen molar-refractivity contribution >= 4 is 85.6 Å². The number of aromatic hydroxyl groups is 1. The van der Waals surface area contributed by atoms with E-state index in [9.17, 15) is 18.8 Å². The maximum absolute atomic E-state index is 12.8. The summed E-state index contributed by atoms with van der Waals surface area (Å²) in [6.45, 7) is 62.8. The van der Waals surface area contributed by atoms with Crippen LogP contribution in [-0.4, -0.2) is 172 Å². The van der Waals surface area contributed by atoms with Crippen LogP contribution in [0.15, 0.2) is 78.9 Å². The Morgan fingerprint density at radius 1 is 0.471 bits per heavy atom. The van der Waals surface area contributed by atoms with Gasteiger partial charge in [-0.15, -0.1) is 0 Å². The van der Waals surface area contributed by atoms with Gasteiger partial charge in [0.25, 0.3) is 0 Å². The highest BCUT2D eigenvalue weighted by atomic mass is 19.1. The molecule has 3 amide bonds. The van der Waals surface area contributed by atoms with E-state index in [1.54, 1.807) is 33.9 Å². The Bertz CT molecular complexity index is 1800. The van der Waals surface area contributed by atoms with Gasteiger partial charge in [0.05, 0.1) is 0 Å². The van der Waals surface area contributed by atoms with Crippen LogP contribution in [0.5, 0.6) is 5.75 Å². The molecule has 1 aliphatic rings. The summed E-state index contributed by atoms with van der Waals surface area (Å²) in [7, 11) is 7.62. The van der Waals surface area contributed by atoms with Gasteiger partial charge in [0, 0.05) is 43.9 Å². The molecular weight excluding hydrogens is 1340 g/mol. The number of aliphatic hydroxyl groups is 1. The molecule has 3 aromatic carbocycles. The number of hydrogen-bond donors (Lipinski definition) is 13. The van der Waals surface area contributed by atoms with Crippen molar-refractivity contribution in [2.45, 2.75) is 221 Å². The minimum absolute atomic E-state index is 0. The van der Waals surface area contributed by atoms with Crippen LogP contribution in [0.1, 0.15) is 204 Å². The molecule has 0 bridgehead atoms. The van der Waals surface area contributed by atoms with Crippen LogP contribution >= 0.6 is 0 Å². The van der Waals surface area contributed by atoms with Crippen molar-refractivity contribution in [1.82, 2.24) is 52.0 Å². The summed E-state index contributed by atoms with van der Waals surface area (Å²) in [6, 6.07) is 23.2. The second-order valence-corrected chi connectivity index (χ2v) is 19.2. The second-order valence-electron chi connectivity index (χ2n) is 19.2. The van der Waals surface area contributed by atoms with Crippen LogP contribution in [0.25, 0.3) is 0 Å². The first-order valence-corrected chi connectivity index (χ1v) is 32.1. The van der Waals surface area contributed by atoms with Crippen LogP contribution in [0.4, 0.5) is 4.39 Å². The Morgan fingerprint density at radius 2 is 0.712 bits per heavy atom. The molecule has 1 aliphatic heterocycles. The van der Waals surface area contributed by atoms with Crippen molar-refractivity contribution in [3.05, 3.63) is 101 Å². The Morgan fingerprint density at radius 3 is 0.913 bits per heavy atom. The average Bonchev–Trinajstić information content (AvgIpc) is 0.855. The number of nitrogens with zero attached hydrogens (tertiary/aromatic N) is 2. The summed E-state index contributed by atoms with van der Waals surface area (Å²) in [6.07, 6.45) is 10.6. The van der Waals surface area contributed by atoms with Gasteiger partial charge >= 0.3 is 0 Å². The van der Waals surface area contributed by atoms with E-state index < -0.39 is 17.9 Å². The molecule has 104 heavy (non-hydrogen) atoms. The molecule has 1 heterocycles. The van der Waals surface area contributed by atoms with Gasteiger partial charge < -0.3 is 133 Å². The van der Waals surface area contributed by atoms with E-state index in [0.29, 0.717) is 6.42 Å². The first kappa shape index (κ1) is 172. The molecule has 29 N–H and O–H groups in total. The van der Waals surface area contributed by atoms with Crippen LogP contribution < -0.4 is 65.2 Å². The van der Waals surface area contributed by atoms with Crippen molar-refractivity contribution in [2.75, 3.05) is 48.3 Å². The predicted molar refractivity (Wildman–Crippen MR) is 451 cm³/mol. The van der Waals surface area contributed by atoms with E-state index in [1.165, 1.54) is 83.4 Å². The van der Waals surface area contributed by atoms with Gasteiger partial charge in [-0.05, 0) is 134 Å². The Labute approximate surface area is 639 Å². The van der Waals surface area contributed by atoms with E-state index in [0.717, 1.165) is 80.0 Å². The topological polar surface area (TPSA) is 595 Å². The van der Waals surface area contributed by atoms with Gasteiger partial charge in [-0.1, -0.05) is 203 Å². The molecule has 0 aromatic heterocycles. The van der Waals surface area contributed by atoms with Gasteiger partial charge in [0.15, 0.2) is 11.6 Å². The number of likely N-dealkylation sites (N-methyl/N-ethyl adjacent to an activating group) is 1. The zero-order valence-corrected chi connectivity index (χ0v) is 70.6. The number of nitrogens with one attached hydrogen (secondary N) is 1. The minimum atomic E-state index is -0.647. The normalized spacial score (nSPS) is 8.63. The molecular formula is C75H174FN13O15. The van der Waals surface area contributed by atoms with Crippen LogP contribution in [0.3, 0.4) is 0 Å². The van der Waals surface area contributed by atoms with E-state index in [-0.39, 0.29) is 70.8 Å². The molecule has 28 nitrogen and oxygen atoms in total. The maximum Gasteiger partial charge on any atom is 0.244 e. The number of piperidine rings is 1. The lowest BCUT2D eigenvalue weighted by molar-refractivity contribution is -0.140. The quantitative estimate of drug-likeness (QED) is 0.0801. The van der Waals surface area contributed by atoms with Crippen molar-refractivity contribution in [3.8, 4) is 5.75 Å². The van der Waals surface area contributed by atoms with Crippen molar-refractivity contribution in [1.29, 1.82) is 0 Å². The third-order valence-electron chi connectivity index (χ3n) is 10.9. The molecule has 636 valence electrons. The fraction of sp³-hybridized carbons (Fsp3) is 0.587. The standard InChI is InChI=1S/C20H29N3O3.C8H9FO.C8H10.4C5H12.C3H8O.C2H6.4CH5N.10CH2O.6H3N.3H2/c1-15(20(26)23-12-8-5-9-13-23)21-19(25)18(22(3)16(2)24)14-17-10-6-4-7-11-17;1-2-6-3-4-8(10)7(9)5-6;1-2-8-6-4-3-5-7-8;4*1-4-5(2)3;1-3(2)4;15*1-2;;;;;;;;;/h4,6-7,10-11,15,18H,5,8-9,12-14H2,1-3H3,(H,21,25);3-5,10H,2H2,1H3;3-7H,2H2,1H3;4*5H,4H2,1-3H3;3-4H,1-2H3;1-2H3;4*2H2,1H3;10*1H2;6*1H3;3*1H/t15-,18-;;;;;;;;;;;;;;;;;;;;;;;;;;;;;;;/m0.............................../s1. The average molecular weight is 1520 g/mol. The lowest BCUT2D eigenvalue weighted by Crippen LogP contribution is -2.54. The van der Waals surface area contributed by atoms with E-state index >= 15 is 0 Å². The first-order valence-electron chi connectivity index (χ1n) is 32.1. The maximum atomic E-state index is 12.8. The number of halogens is 1. The lowest BCUT2D eigenvalue weighted by Gasteiger charge is -2.31. The number of hydrogen-bond acceptors (Lipinski definition) is 25. The molecule has 0 unspecified atom stereocenters. The molecule has 1 fully saturated rings. The number of carbonyl (C=O) groups excluding carboxylic acids is 13. The van der Waals surface area contributed by atoms with Crippen molar-refractivity contribution in [3.63, 3.8) is 0 Å². The molecule has 0 spiro atoms. The largest absolute Gasteiger partial charge is 0.505 e. The fourth-order valence-corrected chi connectivity index (χ4v) is 4.71. The Kier molecular flexibility index (Phi) is 291. The second kappa shape index (κ2) is 176. The number of phenols is 1. The predicted octanol–water partition coefficient (Wildman–Crippen LogP) is 13.7. The number of nitrogens with two attached hydrogens (primary N) is 4. The van der Waals surface area contributed by atoms with Gasteiger partial charge in [0.1, 0.15) is 80.0 Å². The monoisotopic (exact) mass is 1520 g/mol. The summed E-state index contributed by atoms with van der Waals surface area (Å²) < 4.78 is 12.5. The Balaban J connectivity index is -0.0000000257. The van der Waals surface area contributed by atoms with Crippen LogP contribution in [-0.2, 0) is 81.6 Å². The SMILES string of the molecule is C=O.C=O.C=O.C=O.C=O.C=O.C=O.C=O.C=O.C=O.CC.CC(=O)N(C)[C@@H](Cc1ccccc1)C(=O)N[C@@H](C)C(=O)N1CCCCC1.CC(C)O.CCC(C)C.CCC(C)C.CCC(C)C.CCC(C)C.CCc1ccc(O)c(F)c1.CCc1ccccc1.CN.CN.CN.CN.N.N.N.N.N.N.[HH].[HH].[HH]. The van der Waals surface area contributed by atoms with E-state index in [2.05, 4.69) is 143 Å². The van der Waals surface area contributed by atoms with E-state index in [4.69, 9.17) is 58.2 Å². The van der Waals surface area contributed by atoms with Gasteiger partial charge in [-0.2, -0.15) is 0 Å². The number of aliphatic hydroxyl groups excluding tert-OH is 1. The third kappa shape index (κ3) is 171. The number of likely N-dealkylation sites (tertiary alicyclic amines) is 1. The molecule has 29 heteroatoms. The number of rotatable bonds is 12. The number of aryl methyl sites for hydroxylation is 2. The van der Waals surface area contributed by atoms with Crippen molar-refractivity contribution < 1.29 is 81.2 Å². The van der Waals surface area contributed by atoms with Crippen LogP contribution in [0.2, 0.25) is 0 Å². The zero-order valence-electron chi connectivity index (χ0n) is 70.6. The number of phenolic OH excluding ortho intramolecular Hbond substituents is 1. The zero-order chi connectivity index (χ0) is 83.2. The lowest BCUT2D eigenvalue weighted by atomic mass is 10.0. The number of amides is 3. The third-order valence-corrected chi connectivity index (χ3v) is 10.9. The summed E-state index contributed by atoms with van der Waals surface area (Å²) in [4.78, 5) is 120. The summed E-state index contributed by atoms with van der Waals surface area (Å²) >= 11 is 0. The van der Waals surface area contributed by atoms with Crippen LogP contribution in [0, 0.1) is 29.5 Å². The van der Waals surface area contributed by atoms with Gasteiger partial charge in [-0.25, -0.2) is 4.39 Å². The molecule has 2 atom stereocenters. The highest BCUT2D eigenvalue weighted by Crippen LogP contribution is 2.16. The highest BCUT2D eigenvalue weighted by Gasteiger charge is 2.30. The minimum Gasteiger partial charge on any atom is -0.505 e. The molecule has 1 saturated heterocycles. The summed E-state index contributed by atoms with van der Waals surface area (Å²) in [5.74, 6) is 2.18. The fourth-order valence-electron chi connectivity index (χ4n) is 4.71. The first-order chi connectivity index (χ1) is 46.9. The molecule has 0 aliphatic carbocycles. The molecule has 4 rings (SSSR count). The summed E-state index contributed by atoms with van der Waals surface area (Å²) in [5, 5.41) is 19.6. The van der Waals surface area contributed by atoms with E-state index in [1.807, 2.05) is 130 Å².